The van der Waals surface area contributed by atoms with Gasteiger partial charge in [0.25, 0.3) is 0 Å². The van der Waals surface area contributed by atoms with Crippen molar-refractivity contribution in [2.24, 2.45) is 4.99 Å². The monoisotopic (exact) mass is 347 g/mol. The molecule has 0 fully saturated rings. The topological polar surface area (TPSA) is 64.1 Å². The Morgan fingerprint density at radius 1 is 1.28 bits per heavy atom. The molecule has 0 aromatic heterocycles. The summed E-state index contributed by atoms with van der Waals surface area (Å²) >= 11 is 0. The van der Waals surface area contributed by atoms with Gasteiger partial charge in [-0.25, -0.2) is 0 Å². The van der Waals surface area contributed by atoms with Gasteiger partial charge in [-0.05, 0) is 38.8 Å². The number of hydrogen-bond donors (Lipinski definition) is 2. The summed E-state index contributed by atoms with van der Waals surface area (Å²) in [5.74, 6) is 2.21. The van der Waals surface area contributed by atoms with Crippen molar-refractivity contribution in [3.05, 3.63) is 29.8 Å². The second-order valence-electron chi connectivity index (χ2n) is 5.62. The van der Waals surface area contributed by atoms with Crippen LogP contribution in [0.4, 0.5) is 5.69 Å². The molecule has 6 nitrogen and oxygen atoms in total. The molecule has 0 saturated carbocycles. The fourth-order valence-electron chi connectivity index (χ4n) is 2.57. The molecule has 0 spiro atoms. The Kier molecular flexibility index (Phi) is 8.12. The van der Waals surface area contributed by atoms with E-state index in [1.165, 1.54) is 5.57 Å². The van der Waals surface area contributed by atoms with Crippen LogP contribution in [-0.2, 0) is 4.74 Å². The lowest BCUT2D eigenvalue weighted by atomic mass is 10.1. The Hall–Kier alpha value is -2.21. The van der Waals surface area contributed by atoms with Crippen LogP contribution in [0.15, 0.2) is 34.8 Å². The van der Waals surface area contributed by atoms with Crippen LogP contribution in [0.1, 0.15) is 26.7 Å². The predicted molar refractivity (Wildman–Crippen MR) is 102 cm³/mol. The van der Waals surface area contributed by atoms with Crippen LogP contribution in [0.5, 0.6) is 11.5 Å². The summed E-state index contributed by atoms with van der Waals surface area (Å²) in [5.41, 5.74) is 2.33. The van der Waals surface area contributed by atoms with E-state index in [1.54, 1.807) is 7.11 Å². The van der Waals surface area contributed by atoms with Crippen LogP contribution in [0.2, 0.25) is 0 Å². The zero-order valence-electron chi connectivity index (χ0n) is 15.4. The maximum Gasteiger partial charge on any atom is 0.195 e. The molecule has 2 N–H and O–H groups in total. The van der Waals surface area contributed by atoms with Crippen LogP contribution in [0.25, 0.3) is 0 Å². The van der Waals surface area contributed by atoms with Gasteiger partial charge < -0.3 is 24.8 Å². The molecule has 1 aromatic rings. The summed E-state index contributed by atoms with van der Waals surface area (Å²) in [6.45, 7) is 7.70. The number of ether oxygens (including phenoxy) is 3. The highest BCUT2D eigenvalue weighted by molar-refractivity contribution is 5.93. The second kappa shape index (κ2) is 10.6. The van der Waals surface area contributed by atoms with Gasteiger partial charge in [0, 0.05) is 24.8 Å². The molecular weight excluding hydrogens is 318 g/mol. The quantitative estimate of drug-likeness (QED) is 0.429. The summed E-state index contributed by atoms with van der Waals surface area (Å²) in [5, 5.41) is 6.59. The molecule has 1 aliphatic heterocycles. The van der Waals surface area contributed by atoms with Crippen molar-refractivity contribution in [3.63, 3.8) is 0 Å². The van der Waals surface area contributed by atoms with Crippen molar-refractivity contribution in [1.82, 2.24) is 5.32 Å². The molecule has 0 amide bonds. The Morgan fingerprint density at radius 2 is 2.16 bits per heavy atom. The van der Waals surface area contributed by atoms with Gasteiger partial charge in [-0.1, -0.05) is 11.6 Å². The van der Waals surface area contributed by atoms with Crippen molar-refractivity contribution < 1.29 is 14.2 Å². The molecule has 0 unspecified atom stereocenters. The minimum atomic E-state index is 0.605. The number of hydrogen-bond acceptors (Lipinski definition) is 4. The summed E-state index contributed by atoms with van der Waals surface area (Å²) in [6.07, 6.45) is 4.14. The van der Waals surface area contributed by atoms with E-state index in [0.717, 1.165) is 56.5 Å². The first-order chi connectivity index (χ1) is 12.3. The molecule has 0 atom stereocenters. The second-order valence-corrected chi connectivity index (χ2v) is 5.62. The number of nitrogens with one attached hydrogen (secondary N) is 2. The molecule has 2 rings (SSSR count). The maximum absolute atomic E-state index is 5.55. The van der Waals surface area contributed by atoms with Crippen LogP contribution >= 0.6 is 0 Å². The SMILES string of the molecule is CCNC(=NCCC1=CCOCC1)Nc1ccc(OCC)c(OC)c1. The molecular formula is C19H29N3O3. The molecule has 25 heavy (non-hydrogen) atoms. The van der Waals surface area contributed by atoms with E-state index in [-0.39, 0.29) is 0 Å². The molecule has 1 aromatic carbocycles. The van der Waals surface area contributed by atoms with Crippen molar-refractivity contribution in [1.29, 1.82) is 0 Å². The standard InChI is InChI=1S/C19H29N3O3/c1-4-20-19(21-11-8-15-9-12-24-13-10-15)22-16-6-7-17(25-5-2)18(14-16)23-3/h6-7,9,14H,4-5,8,10-13H2,1-3H3,(H2,20,21,22). The van der Waals surface area contributed by atoms with E-state index in [1.807, 2.05) is 25.1 Å². The van der Waals surface area contributed by atoms with Crippen LogP contribution in [0, 0.1) is 0 Å². The Labute approximate surface area is 150 Å². The maximum atomic E-state index is 5.55. The third kappa shape index (κ3) is 6.31. The smallest absolute Gasteiger partial charge is 0.195 e. The van der Waals surface area contributed by atoms with E-state index in [0.29, 0.717) is 12.4 Å². The highest BCUT2D eigenvalue weighted by atomic mass is 16.5. The van der Waals surface area contributed by atoms with Crippen LogP contribution < -0.4 is 20.1 Å². The normalized spacial score (nSPS) is 14.7. The highest BCUT2D eigenvalue weighted by Gasteiger charge is 2.07. The van der Waals surface area contributed by atoms with E-state index in [9.17, 15) is 0 Å². The Balaban J connectivity index is 1.99. The lowest BCUT2D eigenvalue weighted by Gasteiger charge is -2.15. The van der Waals surface area contributed by atoms with E-state index in [2.05, 4.69) is 28.6 Å². The first-order valence-electron chi connectivity index (χ1n) is 8.88. The minimum Gasteiger partial charge on any atom is -0.493 e. The zero-order chi connectivity index (χ0) is 17.9. The number of rotatable bonds is 8. The molecule has 138 valence electrons. The lowest BCUT2D eigenvalue weighted by molar-refractivity contribution is 0.153. The summed E-state index contributed by atoms with van der Waals surface area (Å²) < 4.78 is 16.3. The average molecular weight is 347 g/mol. The van der Waals surface area contributed by atoms with Gasteiger partial charge in [0.05, 0.1) is 26.9 Å². The highest BCUT2D eigenvalue weighted by Crippen LogP contribution is 2.30. The van der Waals surface area contributed by atoms with Crippen molar-refractivity contribution in [2.75, 3.05) is 45.3 Å². The van der Waals surface area contributed by atoms with Gasteiger partial charge >= 0.3 is 0 Å². The van der Waals surface area contributed by atoms with Crippen LogP contribution in [-0.4, -0.2) is 46.0 Å². The summed E-state index contributed by atoms with van der Waals surface area (Å²) in [4.78, 5) is 4.66. The minimum absolute atomic E-state index is 0.605. The van der Waals surface area contributed by atoms with Gasteiger partial charge in [-0.15, -0.1) is 0 Å². The molecule has 0 bridgehead atoms. The van der Waals surface area contributed by atoms with Gasteiger partial charge in [0.2, 0.25) is 0 Å². The first kappa shape index (κ1) is 19.1. The number of anilines is 1. The molecule has 1 heterocycles. The number of guanidine groups is 1. The fraction of sp³-hybridized carbons (Fsp3) is 0.526. The van der Waals surface area contributed by atoms with Gasteiger partial charge in [0.15, 0.2) is 17.5 Å². The first-order valence-corrected chi connectivity index (χ1v) is 8.88. The van der Waals surface area contributed by atoms with Crippen LogP contribution in [0.3, 0.4) is 0 Å². The number of benzene rings is 1. The van der Waals surface area contributed by atoms with E-state index >= 15 is 0 Å². The number of nitrogens with zero attached hydrogens (tertiary/aromatic N) is 1. The fourth-order valence-corrected chi connectivity index (χ4v) is 2.57. The Morgan fingerprint density at radius 3 is 2.84 bits per heavy atom. The molecule has 0 aliphatic carbocycles. The van der Waals surface area contributed by atoms with Crippen molar-refractivity contribution in [2.45, 2.75) is 26.7 Å². The third-order valence-electron chi connectivity index (χ3n) is 3.83. The van der Waals surface area contributed by atoms with Gasteiger partial charge in [-0.3, -0.25) is 4.99 Å². The van der Waals surface area contributed by atoms with Gasteiger partial charge in [-0.2, -0.15) is 0 Å². The Bertz CT molecular complexity index is 600. The third-order valence-corrected chi connectivity index (χ3v) is 3.83. The molecule has 1 aliphatic rings. The zero-order valence-corrected chi connectivity index (χ0v) is 15.4. The molecule has 0 saturated heterocycles. The van der Waals surface area contributed by atoms with E-state index in [4.69, 9.17) is 14.2 Å². The van der Waals surface area contributed by atoms with E-state index < -0.39 is 0 Å². The van der Waals surface area contributed by atoms with Crippen molar-refractivity contribution >= 4 is 11.6 Å². The number of methoxy groups -OCH3 is 1. The summed E-state index contributed by atoms with van der Waals surface area (Å²) in [7, 11) is 1.64. The summed E-state index contributed by atoms with van der Waals surface area (Å²) in [6, 6.07) is 5.78. The average Bonchev–Trinajstić information content (AvgIpc) is 2.64. The van der Waals surface area contributed by atoms with Crippen molar-refractivity contribution in [3.8, 4) is 11.5 Å². The molecule has 6 heteroatoms. The number of aliphatic imine (C=N–C) groups is 1. The lowest BCUT2D eigenvalue weighted by Crippen LogP contribution is -2.30. The molecule has 0 radical (unpaired) electrons. The predicted octanol–water partition coefficient (Wildman–Crippen LogP) is 3.21. The van der Waals surface area contributed by atoms with Gasteiger partial charge in [0.1, 0.15) is 0 Å². The largest absolute Gasteiger partial charge is 0.493 e.